The Kier molecular flexibility index (Phi) is 7.06. The van der Waals surface area contributed by atoms with Crippen LogP contribution in [0.3, 0.4) is 0 Å². The normalized spacial score (nSPS) is 21.6. The van der Waals surface area contributed by atoms with Gasteiger partial charge >= 0.3 is 0 Å². The monoisotopic (exact) mass is 524 g/mol. The Balaban J connectivity index is 1.33. The van der Waals surface area contributed by atoms with Gasteiger partial charge in [0.05, 0.1) is 11.3 Å². The number of ketones is 2. The maximum Gasteiger partial charge on any atom is 0.255 e. The van der Waals surface area contributed by atoms with Crippen LogP contribution in [-0.2, 0) is 25.7 Å². The second kappa shape index (κ2) is 10.6. The summed E-state index contributed by atoms with van der Waals surface area (Å²) in [5, 5.41) is 5.36. The minimum atomic E-state index is -0.727. The fourth-order valence-corrected chi connectivity index (χ4v) is 5.61. The van der Waals surface area contributed by atoms with Crippen molar-refractivity contribution in [3.8, 4) is 0 Å². The first-order valence-corrected chi connectivity index (χ1v) is 12.8. The van der Waals surface area contributed by atoms with Gasteiger partial charge in [-0.05, 0) is 49.8 Å². The lowest BCUT2D eigenvalue weighted by Gasteiger charge is -2.29. The number of Topliss-reactive ketones (excluding diaryl/α,β-unsaturated/α-hetero) is 2. The highest BCUT2D eigenvalue weighted by molar-refractivity contribution is 6.23. The number of hydrogen-bond acceptors (Lipinski definition) is 7. The van der Waals surface area contributed by atoms with Gasteiger partial charge in [0.2, 0.25) is 11.8 Å². The summed E-state index contributed by atoms with van der Waals surface area (Å²) in [6.07, 6.45) is 4.13. The average Bonchev–Trinajstić information content (AvgIpc) is 3.25. The van der Waals surface area contributed by atoms with Gasteiger partial charge < -0.3 is 10.2 Å². The fourth-order valence-electron chi connectivity index (χ4n) is 5.61. The topological polar surface area (TPSA) is 125 Å². The van der Waals surface area contributed by atoms with Crippen molar-refractivity contribution in [1.82, 2.24) is 10.2 Å². The molecule has 198 valence electrons. The SMILES string of the molecule is C=Nc1ccccc1/C(=C\C)C1CC(=O)C(=CNc2cccc3c2CN(C2CCC(=O)NC2=O)C3=O)C(=O)C1. The van der Waals surface area contributed by atoms with Gasteiger partial charge in [-0.3, -0.25) is 34.3 Å². The summed E-state index contributed by atoms with van der Waals surface area (Å²) in [6, 6.07) is 11.9. The third-order valence-corrected chi connectivity index (χ3v) is 7.55. The summed E-state index contributed by atoms with van der Waals surface area (Å²) in [5.74, 6) is -1.92. The Morgan fingerprint density at radius 1 is 1.05 bits per heavy atom. The van der Waals surface area contributed by atoms with Crippen molar-refractivity contribution in [3.05, 3.63) is 77.0 Å². The van der Waals surface area contributed by atoms with Crippen molar-refractivity contribution in [2.45, 2.75) is 45.2 Å². The second-order valence-electron chi connectivity index (χ2n) is 9.80. The Morgan fingerprint density at radius 2 is 1.79 bits per heavy atom. The van der Waals surface area contributed by atoms with E-state index < -0.39 is 11.9 Å². The van der Waals surface area contributed by atoms with E-state index in [1.807, 2.05) is 37.3 Å². The third kappa shape index (κ3) is 4.83. The zero-order chi connectivity index (χ0) is 27.7. The zero-order valence-electron chi connectivity index (χ0n) is 21.5. The van der Waals surface area contributed by atoms with E-state index in [2.05, 4.69) is 22.3 Å². The zero-order valence-corrected chi connectivity index (χ0v) is 21.5. The molecule has 2 N–H and O–H groups in total. The largest absolute Gasteiger partial charge is 0.361 e. The smallest absolute Gasteiger partial charge is 0.255 e. The fraction of sp³-hybridized carbons (Fsp3) is 0.267. The highest BCUT2D eigenvalue weighted by Crippen LogP contribution is 2.38. The van der Waals surface area contributed by atoms with E-state index in [9.17, 15) is 24.0 Å². The molecule has 2 aliphatic heterocycles. The van der Waals surface area contributed by atoms with Crippen LogP contribution in [0.5, 0.6) is 0 Å². The Morgan fingerprint density at radius 3 is 2.49 bits per heavy atom. The van der Waals surface area contributed by atoms with Crippen molar-refractivity contribution in [2.75, 3.05) is 5.32 Å². The van der Waals surface area contributed by atoms with E-state index in [-0.39, 0.29) is 67.1 Å². The Labute approximate surface area is 225 Å². The molecule has 2 aromatic carbocycles. The molecule has 1 saturated carbocycles. The molecular weight excluding hydrogens is 496 g/mol. The summed E-state index contributed by atoms with van der Waals surface area (Å²) < 4.78 is 0. The first-order chi connectivity index (χ1) is 18.8. The molecule has 9 nitrogen and oxygen atoms in total. The number of benzene rings is 2. The molecule has 5 rings (SSSR count). The number of carbonyl (C=O) groups excluding carboxylic acids is 5. The number of fused-ring (bicyclic) bond motifs is 1. The number of nitrogens with zero attached hydrogens (tertiary/aromatic N) is 2. The number of carbonyl (C=O) groups is 5. The van der Waals surface area contributed by atoms with Crippen molar-refractivity contribution in [2.24, 2.45) is 10.9 Å². The highest BCUT2D eigenvalue weighted by Gasteiger charge is 2.40. The first-order valence-electron chi connectivity index (χ1n) is 12.8. The molecule has 0 radical (unpaired) electrons. The number of piperidine rings is 1. The maximum atomic E-state index is 13.1. The second-order valence-corrected chi connectivity index (χ2v) is 9.80. The van der Waals surface area contributed by atoms with Crippen LogP contribution in [-0.4, -0.2) is 46.9 Å². The first kappa shape index (κ1) is 26.0. The van der Waals surface area contributed by atoms with Crippen molar-refractivity contribution < 1.29 is 24.0 Å². The average molecular weight is 525 g/mol. The molecule has 3 aliphatic rings. The molecular formula is C30H28N4O5. The molecule has 2 heterocycles. The van der Waals surface area contributed by atoms with Crippen LogP contribution in [0.1, 0.15) is 54.1 Å². The van der Waals surface area contributed by atoms with E-state index >= 15 is 0 Å². The molecule has 1 atom stereocenters. The Hall–Kier alpha value is -4.66. The van der Waals surface area contributed by atoms with Gasteiger partial charge in [-0.25, -0.2) is 0 Å². The number of anilines is 1. The van der Waals surface area contributed by atoms with Crippen LogP contribution < -0.4 is 10.6 Å². The van der Waals surface area contributed by atoms with Crippen LogP contribution in [0.15, 0.2) is 65.3 Å². The van der Waals surface area contributed by atoms with E-state index in [4.69, 9.17) is 0 Å². The molecule has 1 unspecified atom stereocenters. The molecule has 0 bridgehead atoms. The highest BCUT2D eigenvalue weighted by atomic mass is 16.2. The summed E-state index contributed by atoms with van der Waals surface area (Å²) in [7, 11) is 0. The number of hydrogen-bond donors (Lipinski definition) is 2. The van der Waals surface area contributed by atoms with Crippen molar-refractivity contribution >= 4 is 53.0 Å². The quantitative estimate of drug-likeness (QED) is 0.257. The number of allylic oxidation sites excluding steroid dienone is 3. The lowest BCUT2D eigenvalue weighted by atomic mass is 9.77. The lowest BCUT2D eigenvalue weighted by Crippen LogP contribution is -2.52. The van der Waals surface area contributed by atoms with Crippen LogP contribution in [0, 0.1) is 5.92 Å². The lowest BCUT2D eigenvalue weighted by molar-refractivity contribution is -0.137. The minimum Gasteiger partial charge on any atom is -0.361 e. The van der Waals surface area contributed by atoms with Gasteiger partial charge in [-0.2, -0.15) is 0 Å². The number of imide groups is 1. The molecule has 0 spiro atoms. The van der Waals surface area contributed by atoms with Crippen molar-refractivity contribution in [3.63, 3.8) is 0 Å². The van der Waals surface area contributed by atoms with E-state index in [1.165, 1.54) is 11.1 Å². The number of amides is 3. The standard InChI is InChI=1S/C30H28N4O5/c1-3-18(19-7-4-5-9-23(19)31-2)17-13-26(35)21(27(36)14-17)15-32-24-10-6-8-20-22(24)16-34(30(20)39)25-11-12-28(37)33-29(25)38/h3-10,15,17,25,32H,2,11-14,16H2,1H3,(H,33,37,38)/b18-3-,21-15?. The molecule has 39 heavy (non-hydrogen) atoms. The van der Waals surface area contributed by atoms with Crippen LogP contribution in [0.2, 0.25) is 0 Å². The number of nitrogens with one attached hydrogen (secondary N) is 2. The van der Waals surface area contributed by atoms with Gasteiger partial charge in [0.25, 0.3) is 5.91 Å². The molecule has 2 aromatic rings. The van der Waals surface area contributed by atoms with Crippen LogP contribution in [0.25, 0.3) is 5.57 Å². The Bertz CT molecular complexity index is 1470. The van der Waals surface area contributed by atoms with Gasteiger partial charge in [-0.1, -0.05) is 30.3 Å². The van der Waals surface area contributed by atoms with Gasteiger partial charge in [0.1, 0.15) is 6.04 Å². The third-order valence-electron chi connectivity index (χ3n) is 7.55. The van der Waals surface area contributed by atoms with Crippen molar-refractivity contribution in [1.29, 1.82) is 0 Å². The minimum absolute atomic E-state index is 0.0841. The van der Waals surface area contributed by atoms with E-state index in [0.717, 1.165) is 11.1 Å². The van der Waals surface area contributed by atoms with Gasteiger partial charge in [0, 0.05) is 54.4 Å². The van der Waals surface area contributed by atoms with E-state index in [0.29, 0.717) is 22.5 Å². The van der Waals surface area contributed by atoms with Crippen LogP contribution >= 0.6 is 0 Å². The molecule has 0 aromatic heterocycles. The predicted octanol–water partition coefficient (Wildman–Crippen LogP) is 3.73. The maximum absolute atomic E-state index is 13.1. The summed E-state index contributed by atoms with van der Waals surface area (Å²) >= 11 is 0. The van der Waals surface area contributed by atoms with Gasteiger partial charge in [0.15, 0.2) is 11.6 Å². The molecule has 1 saturated heterocycles. The molecule has 1 aliphatic carbocycles. The van der Waals surface area contributed by atoms with E-state index in [1.54, 1.807) is 18.2 Å². The number of rotatable bonds is 6. The predicted molar refractivity (Wildman–Crippen MR) is 146 cm³/mol. The number of aliphatic imine (C=N–C) groups is 1. The van der Waals surface area contributed by atoms with Gasteiger partial charge in [-0.15, -0.1) is 0 Å². The van der Waals surface area contributed by atoms with Crippen LogP contribution in [0.4, 0.5) is 11.4 Å². The summed E-state index contributed by atoms with van der Waals surface area (Å²) in [5.41, 5.74) is 4.22. The molecule has 2 fully saturated rings. The molecule has 9 heteroatoms. The molecule has 3 amide bonds. The summed E-state index contributed by atoms with van der Waals surface area (Å²) in [4.78, 5) is 68.8. The summed E-state index contributed by atoms with van der Waals surface area (Å²) in [6.45, 7) is 5.69. The number of para-hydroxylation sites is 1.